The lowest BCUT2D eigenvalue weighted by Crippen LogP contribution is -2.06. The summed E-state index contributed by atoms with van der Waals surface area (Å²) >= 11 is 0. The molecule has 0 unspecified atom stereocenters. The number of hydrogen-bond acceptors (Lipinski definition) is 3. The summed E-state index contributed by atoms with van der Waals surface area (Å²) in [6.07, 6.45) is 2.08. The van der Waals surface area contributed by atoms with Gasteiger partial charge in [-0.2, -0.15) is 0 Å². The van der Waals surface area contributed by atoms with E-state index in [0.717, 1.165) is 0 Å². The highest BCUT2D eigenvalue weighted by Gasteiger charge is 2.14. The summed E-state index contributed by atoms with van der Waals surface area (Å²) in [5.74, 6) is 4.95. The van der Waals surface area contributed by atoms with Crippen LogP contribution in [0, 0.1) is 11.8 Å². The summed E-state index contributed by atoms with van der Waals surface area (Å²) in [5.41, 5.74) is 0.591. The van der Waals surface area contributed by atoms with Crippen molar-refractivity contribution >= 4 is 5.97 Å². The van der Waals surface area contributed by atoms with Gasteiger partial charge in [0, 0.05) is 6.42 Å². The maximum atomic E-state index is 11.1. The van der Waals surface area contributed by atoms with Gasteiger partial charge in [0.2, 0.25) is 0 Å². The molecule has 1 heterocycles. The molecule has 1 aliphatic rings. The third-order valence-electron chi connectivity index (χ3n) is 1.43. The van der Waals surface area contributed by atoms with E-state index in [1.54, 1.807) is 6.92 Å². The molecule has 3 nitrogen and oxygen atoms in total. The first-order valence-corrected chi connectivity index (χ1v) is 3.72. The minimum Gasteiger partial charge on any atom is -0.500 e. The second-order valence-corrected chi connectivity index (χ2v) is 2.27. The van der Waals surface area contributed by atoms with Gasteiger partial charge in [-0.3, -0.25) is 0 Å². The van der Waals surface area contributed by atoms with E-state index < -0.39 is 0 Å². The van der Waals surface area contributed by atoms with Crippen LogP contribution >= 0.6 is 0 Å². The third kappa shape index (κ3) is 2.31. The number of esters is 1. The predicted octanol–water partition coefficient (Wildman–Crippen LogP) is 0.857. The topological polar surface area (TPSA) is 35.5 Å². The highest BCUT2D eigenvalue weighted by molar-refractivity contribution is 5.88. The van der Waals surface area contributed by atoms with Gasteiger partial charge in [0.1, 0.15) is 0 Å². The first-order chi connectivity index (χ1) is 5.84. The average molecular weight is 166 g/mol. The van der Waals surface area contributed by atoms with E-state index in [4.69, 9.17) is 9.47 Å². The van der Waals surface area contributed by atoms with Gasteiger partial charge in [-0.25, -0.2) is 4.79 Å². The molecule has 0 saturated heterocycles. The standard InChI is InChI=1S/C9H10O3/c1-2-3-5-12-9(10)8-4-6-11-7-8/h7H,4-6H2,1H3. The largest absolute Gasteiger partial charge is 0.500 e. The molecule has 0 spiro atoms. The van der Waals surface area contributed by atoms with Crippen molar-refractivity contribution in [2.24, 2.45) is 0 Å². The molecule has 0 saturated carbocycles. The molecular formula is C9H10O3. The van der Waals surface area contributed by atoms with Crippen molar-refractivity contribution in [1.82, 2.24) is 0 Å². The van der Waals surface area contributed by atoms with E-state index in [-0.39, 0.29) is 12.6 Å². The number of ether oxygens (including phenoxy) is 2. The Morgan fingerprint density at radius 2 is 2.67 bits per heavy atom. The van der Waals surface area contributed by atoms with Crippen LogP contribution in [0.4, 0.5) is 0 Å². The lowest BCUT2D eigenvalue weighted by atomic mass is 10.2. The summed E-state index contributed by atoms with van der Waals surface area (Å²) < 4.78 is 9.69. The molecule has 0 aromatic heterocycles. The predicted molar refractivity (Wildman–Crippen MR) is 43.1 cm³/mol. The Morgan fingerprint density at radius 3 is 3.25 bits per heavy atom. The number of carbonyl (C=O) groups excluding carboxylic acids is 1. The normalized spacial score (nSPS) is 13.9. The van der Waals surface area contributed by atoms with E-state index in [1.165, 1.54) is 6.26 Å². The van der Waals surface area contributed by atoms with Gasteiger partial charge in [-0.15, -0.1) is 5.92 Å². The van der Waals surface area contributed by atoms with E-state index in [1.807, 2.05) is 0 Å². The Labute approximate surface area is 71.4 Å². The molecule has 0 bridgehead atoms. The monoisotopic (exact) mass is 166 g/mol. The van der Waals surface area contributed by atoms with Crippen LogP contribution in [0.15, 0.2) is 11.8 Å². The molecule has 0 aliphatic carbocycles. The molecule has 1 rings (SSSR count). The summed E-state index contributed by atoms with van der Waals surface area (Å²) in [5, 5.41) is 0. The van der Waals surface area contributed by atoms with Crippen molar-refractivity contribution in [3.8, 4) is 11.8 Å². The van der Waals surface area contributed by atoms with Crippen LogP contribution in [0.5, 0.6) is 0 Å². The zero-order valence-corrected chi connectivity index (χ0v) is 6.92. The van der Waals surface area contributed by atoms with Crippen molar-refractivity contribution in [2.75, 3.05) is 13.2 Å². The van der Waals surface area contributed by atoms with Crippen LogP contribution in [0.1, 0.15) is 13.3 Å². The number of rotatable bonds is 2. The fourth-order valence-electron chi connectivity index (χ4n) is 0.804. The first-order valence-electron chi connectivity index (χ1n) is 3.72. The summed E-state index contributed by atoms with van der Waals surface area (Å²) in [6, 6.07) is 0. The smallest absolute Gasteiger partial charge is 0.338 e. The molecule has 0 aromatic rings. The van der Waals surface area contributed by atoms with Gasteiger partial charge in [-0.05, 0) is 6.92 Å². The molecule has 0 fully saturated rings. The van der Waals surface area contributed by atoms with Crippen LogP contribution < -0.4 is 0 Å². The maximum absolute atomic E-state index is 11.1. The fraction of sp³-hybridized carbons (Fsp3) is 0.444. The van der Waals surface area contributed by atoms with Gasteiger partial charge in [0.15, 0.2) is 6.61 Å². The van der Waals surface area contributed by atoms with Crippen LogP contribution in [0.3, 0.4) is 0 Å². The molecule has 1 aliphatic heterocycles. The zero-order chi connectivity index (χ0) is 8.81. The SMILES string of the molecule is CC#CCOC(=O)C1=COCC1. The molecule has 12 heavy (non-hydrogen) atoms. The van der Waals surface area contributed by atoms with Crippen LogP contribution in [0.25, 0.3) is 0 Å². The minimum absolute atomic E-state index is 0.159. The Morgan fingerprint density at radius 1 is 1.83 bits per heavy atom. The number of hydrogen-bond donors (Lipinski definition) is 0. The van der Waals surface area contributed by atoms with Crippen molar-refractivity contribution in [3.63, 3.8) is 0 Å². The minimum atomic E-state index is -0.324. The van der Waals surface area contributed by atoms with E-state index >= 15 is 0 Å². The Hall–Kier alpha value is -1.43. The van der Waals surface area contributed by atoms with Crippen LogP contribution in [-0.4, -0.2) is 19.2 Å². The maximum Gasteiger partial charge on any atom is 0.338 e. The van der Waals surface area contributed by atoms with Crippen molar-refractivity contribution in [3.05, 3.63) is 11.8 Å². The van der Waals surface area contributed by atoms with Crippen molar-refractivity contribution < 1.29 is 14.3 Å². The molecular weight excluding hydrogens is 156 g/mol. The van der Waals surface area contributed by atoms with Crippen molar-refractivity contribution in [2.45, 2.75) is 13.3 Å². The first kappa shape index (κ1) is 8.66. The van der Waals surface area contributed by atoms with Gasteiger partial charge < -0.3 is 9.47 Å². The van der Waals surface area contributed by atoms with Gasteiger partial charge in [0.25, 0.3) is 0 Å². The Balaban J connectivity index is 2.31. The van der Waals surface area contributed by atoms with E-state index in [2.05, 4.69) is 11.8 Å². The Kier molecular flexibility index (Phi) is 3.21. The quantitative estimate of drug-likeness (QED) is 0.450. The van der Waals surface area contributed by atoms with Crippen LogP contribution in [-0.2, 0) is 14.3 Å². The molecule has 3 heteroatoms. The molecule has 0 radical (unpaired) electrons. The third-order valence-corrected chi connectivity index (χ3v) is 1.43. The molecule has 0 atom stereocenters. The molecule has 0 N–H and O–H groups in total. The zero-order valence-electron chi connectivity index (χ0n) is 6.92. The summed E-state index contributed by atoms with van der Waals surface area (Å²) in [6.45, 7) is 2.43. The Bertz CT molecular complexity index is 255. The highest BCUT2D eigenvalue weighted by atomic mass is 16.5. The van der Waals surface area contributed by atoms with Crippen molar-refractivity contribution in [1.29, 1.82) is 0 Å². The van der Waals surface area contributed by atoms with E-state index in [9.17, 15) is 4.79 Å². The summed E-state index contributed by atoms with van der Waals surface area (Å²) in [7, 11) is 0. The second-order valence-electron chi connectivity index (χ2n) is 2.27. The lowest BCUT2D eigenvalue weighted by Gasteiger charge is -1.97. The van der Waals surface area contributed by atoms with E-state index in [0.29, 0.717) is 18.6 Å². The van der Waals surface area contributed by atoms with Gasteiger partial charge in [0.05, 0.1) is 18.4 Å². The molecule has 0 aromatic carbocycles. The van der Waals surface area contributed by atoms with Crippen LogP contribution in [0.2, 0.25) is 0 Å². The van der Waals surface area contributed by atoms with Gasteiger partial charge >= 0.3 is 5.97 Å². The van der Waals surface area contributed by atoms with Gasteiger partial charge in [-0.1, -0.05) is 5.92 Å². The fourth-order valence-corrected chi connectivity index (χ4v) is 0.804. The highest BCUT2D eigenvalue weighted by Crippen LogP contribution is 2.11. The second kappa shape index (κ2) is 4.45. The lowest BCUT2D eigenvalue weighted by molar-refractivity contribution is -0.137. The average Bonchev–Trinajstić information content (AvgIpc) is 2.56. The number of carbonyl (C=O) groups is 1. The molecule has 0 amide bonds. The summed E-state index contributed by atoms with van der Waals surface area (Å²) in [4.78, 5) is 11.1. The molecule has 64 valence electrons.